The summed E-state index contributed by atoms with van der Waals surface area (Å²) in [5, 5.41) is 10.6. The van der Waals surface area contributed by atoms with Crippen LogP contribution < -0.4 is 5.32 Å². The fourth-order valence-corrected chi connectivity index (χ4v) is 3.90. The quantitative estimate of drug-likeness (QED) is 0.684. The number of carbonyl (C=O) groups is 1. The van der Waals surface area contributed by atoms with Gasteiger partial charge in [0.2, 0.25) is 0 Å². The largest absolute Gasteiger partial charge is 0.469 e. The number of amides is 2. The normalized spacial score (nSPS) is 14.5. The highest BCUT2D eigenvalue weighted by Gasteiger charge is 2.25. The second-order valence-electron chi connectivity index (χ2n) is 7.15. The third-order valence-corrected chi connectivity index (χ3v) is 5.44. The summed E-state index contributed by atoms with van der Waals surface area (Å²) in [6, 6.07) is 14.2. The van der Waals surface area contributed by atoms with Gasteiger partial charge in [-0.2, -0.15) is 5.10 Å². The molecule has 1 aromatic carbocycles. The van der Waals surface area contributed by atoms with E-state index in [1.54, 1.807) is 6.26 Å². The molecule has 1 atom stereocenters. The summed E-state index contributed by atoms with van der Waals surface area (Å²) in [6.45, 7) is 4.02. The van der Waals surface area contributed by atoms with Gasteiger partial charge in [0.1, 0.15) is 5.76 Å². The van der Waals surface area contributed by atoms with E-state index in [9.17, 15) is 4.79 Å². The third-order valence-electron chi connectivity index (χ3n) is 5.44. The van der Waals surface area contributed by atoms with Crippen LogP contribution in [-0.4, -0.2) is 34.2 Å². The van der Waals surface area contributed by atoms with Gasteiger partial charge in [-0.1, -0.05) is 37.3 Å². The van der Waals surface area contributed by atoms with Gasteiger partial charge in [0.05, 0.1) is 18.5 Å². The lowest BCUT2D eigenvalue weighted by Crippen LogP contribution is -2.43. The fraction of sp³-hybridized carbons (Fsp3) is 0.364. The molecule has 0 bridgehead atoms. The topological polar surface area (TPSA) is 74.2 Å². The van der Waals surface area contributed by atoms with Crippen molar-refractivity contribution in [2.45, 2.75) is 38.6 Å². The average molecular weight is 378 g/mol. The van der Waals surface area contributed by atoms with Gasteiger partial charge < -0.3 is 14.6 Å². The lowest BCUT2D eigenvalue weighted by atomic mass is 9.93. The van der Waals surface area contributed by atoms with Crippen LogP contribution in [0.25, 0.3) is 0 Å². The van der Waals surface area contributed by atoms with Crippen LogP contribution in [0.1, 0.15) is 47.5 Å². The minimum absolute atomic E-state index is 0.0137. The van der Waals surface area contributed by atoms with Crippen molar-refractivity contribution in [1.29, 1.82) is 0 Å². The number of urea groups is 1. The second kappa shape index (κ2) is 8.33. The van der Waals surface area contributed by atoms with E-state index in [0.29, 0.717) is 19.6 Å². The molecule has 0 saturated carbocycles. The number of aryl methyl sites for hydroxylation is 1. The number of aromatic amines is 1. The van der Waals surface area contributed by atoms with Crippen molar-refractivity contribution in [1.82, 2.24) is 20.4 Å². The smallest absolute Gasteiger partial charge is 0.317 e. The average Bonchev–Trinajstić information content (AvgIpc) is 3.41. The van der Waals surface area contributed by atoms with Crippen molar-refractivity contribution in [3.8, 4) is 0 Å². The van der Waals surface area contributed by atoms with E-state index in [1.807, 2.05) is 35.2 Å². The molecule has 2 aromatic heterocycles. The predicted octanol–water partition coefficient (Wildman–Crippen LogP) is 3.86. The Morgan fingerprint density at radius 3 is 2.89 bits per heavy atom. The molecule has 3 heterocycles. The van der Waals surface area contributed by atoms with E-state index in [1.165, 1.54) is 16.8 Å². The summed E-state index contributed by atoms with van der Waals surface area (Å²) < 4.78 is 5.65. The van der Waals surface area contributed by atoms with Crippen molar-refractivity contribution >= 4 is 6.03 Å². The first kappa shape index (κ1) is 18.3. The minimum atomic E-state index is -0.0137. The molecule has 4 rings (SSSR count). The van der Waals surface area contributed by atoms with Gasteiger partial charge in [0, 0.05) is 36.7 Å². The number of hydrogen-bond donors (Lipinski definition) is 2. The minimum Gasteiger partial charge on any atom is -0.469 e. The first-order chi connectivity index (χ1) is 13.8. The lowest BCUT2D eigenvalue weighted by molar-refractivity contribution is 0.191. The van der Waals surface area contributed by atoms with Crippen LogP contribution >= 0.6 is 0 Å². The molecule has 1 aliphatic heterocycles. The fourth-order valence-electron chi connectivity index (χ4n) is 3.90. The number of benzene rings is 1. The number of rotatable bonds is 6. The van der Waals surface area contributed by atoms with Crippen LogP contribution in [-0.2, 0) is 19.4 Å². The van der Waals surface area contributed by atoms with E-state index < -0.39 is 0 Å². The van der Waals surface area contributed by atoms with E-state index in [0.717, 1.165) is 30.7 Å². The van der Waals surface area contributed by atoms with Gasteiger partial charge in [0.15, 0.2) is 0 Å². The predicted molar refractivity (Wildman–Crippen MR) is 107 cm³/mol. The Bertz CT molecular complexity index is 889. The standard InChI is InChI=1S/C22H26N4O2/c1-2-19-18-15-26(13-11-20(18)25-24-19)22(27)23-12-10-17(21-9-6-14-28-21)16-7-4-3-5-8-16/h3-9,14,17H,2,10-13,15H2,1H3,(H,23,27)(H,24,25). The Labute approximate surface area is 164 Å². The Hall–Kier alpha value is -3.02. The monoisotopic (exact) mass is 378 g/mol. The highest BCUT2D eigenvalue weighted by Crippen LogP contribution is 2.28. The van der Waals surface area contributed by atoms with E-state index in [-0.39, 0.29) is 11.9 Å². The highest BCUT2D eigenvalue weighted by molar-refractivity contribution is 5.74. The van der Waals surface area contributed by atoms with Crippen LogP contribution in [0.3, 0.4) is 0 Å². The number of hydrogen-bond acceptors (Lipinski definition) is 3. The molecule has 28 heavy (non-hydrogen) atoms. The van der Waals surface area contributed by atoms with Crippen LogP contribution in [0.4, 0.5) is 4.79 Å². The van der Waals surface area contributed by atoms with Gasteiger partial charge in [-0.3, -0.25) is 5.10 Å². The molecule has 3 aromatic rings. The lowest BCUT2D eigenvalue weighted by Gasteiger charge is -2.27. The first-order valence-electron chi connectivity index (χ1n) is 9.92. The van der Waals surface area contributed by atoms with Crippen LogP contribution in [0.5, 0.6) is 0 Å². The maximum Gasteiger partial charge on any atom is 0.317 e. The number of nitrogens with one attached hydrogen (secondary N) is 2. The van der Waals surface area contributed by atoms with Crippen molar-refractivity contribution in [2.75, 3.05) is 13.1 Å². The van der Waals surface area contributed by atoms with Crippen molar-refractivity contribution < 1.29 is 9.21 Å². The summed E-state index contributed by atoms with van der Waals surface area (Å²) in [6.07, 6.45) is 4.19. The van der Waals surface area contributed by atoms with Gasteiger partial charge in [-0.05, 0) is 30.5 Å². The first-order valence-corrected chi connectivity index (χ1v) is 9.92. The second-order valence-corrected chi connectivity index (χ2v) is 7.15. The molecule has 6 heteroatoms. The van der Waals surface area contributed by atoms with E-state index in [2.05, 4.69) is 34.6 Å². The molecule has 0 spiro atoms. The number of H-pyrrole nitrogens is 1. The maximum atomic E-state index is 12.7. The van der Waals surface area contributed by atoms with Crippen LogP contribution in [0, 0.1) is 0 Å². The molecule has 1 unspecified atom stereocenters. The van der Waals surface area contributed by atoms with Gasteiger partial charge in [-0.25, -0.2) is 4.79 Å². The maximum absolute atomic E-state index is 12.7. The van der Waals surface area contributed by atoms with E-state index in [4.69, 9.17) is 4.42 Å². The molecule has 2 amide bonds. The van der Waals surface area contributed by atoms with Crippen molar-refractivity contribution in [3.05, 3.63) is 77.0 Å². The van der Waals surface area contributed by atoms with Gasteiger partial charge >= 0.3 is 6.03 Å². The number of furan rings is 1. The molecule has 2 N–H and O–H groups in total. The molecule has 1 aliphatic rings. The summed E-state index contributed by atoms with van der Waals surface area (Å²) in [5.41, 5.74) is 4.61. The Kier molecular flexibility index (Phi) is 5.46. The number of nitrogens with zero attached hydrogens (tertiary/aromatic N) is 2. The van der Waals surface area contributed by atoms with Crippen molar-refractivity contribution in [2.24, 2.45) is 0 Å². The Morgan fingerprint density at radius 2 is 2.14 bits per heavy atom. The highest BCUT2D eigenvalue weighted by atomic mass is 16.3. The van der Waals surface area contributed by atoms with Gasteiger partial charge in [0.25, 0.3) is 0 Å². The number of fused-ring (bicyclic) bond motifs is 1. The van der Waals surface area contributed by atoms with Crippen LogP contribution in [0.2, 0.25) is 0 Å². The summed E-state index contributed by atoms with van der Waals surface area (Å²) in [4.78, 5) is 14.6. The molecular weight excluding hydrogens is 352 g/mol. The Morgan fingerprint density at radius 1 is 1.29 bits per heavy atom. The zero-order chi connectivity index (χ0) is 19.3. The van der Waals surface area contributed by atoms with E-state index >= 15 is 0 Å². The number of carbonyl (C=O) groups excluding carboxylic acids is 1. The zero-order valence-electron chi connectivity index (χ0n) is 16.1. The molecule has 0 fully saturated rings. The molecule has 0 radical (unpaired) electrons. The summed E-state index contributed by atoms with van der Waals surface area (Å²) in [7, 11) is 0. The SMILES string of the molecule is CCc1n[nH]c2c1CN(C(=O)NCCC(c1ccccc1)c1ccco1)CC2. The summed E-state index contributed by atoms with van der Waals surface area (Å²) >= 11 is 0. The molecule has 146 valence electrons. The molecule has 6 nitrogen and oxygen atoms in total. The van der Waals surface area contributed by atoms with Crippen LogP contribution in [0.15, 0.2) is 53.1 Å². The Balaban J connectivity index is 1.37. The third kappa shape index (κ3) is 3.81. The summed E-state index contributed by atoms with van der Waals surface area (Å²) in [5.74, 6) is 1.05. The zero-order valence-corrected chi connectivity index (χ0v) is 16.1. The molecular formula is C22H26N4O2. The molecule has 0 aliphatic carbocycles. The van der Waals surface area contributed by atoms with Gasteiger partial charge in [-0.15, -0.1) is 0 Å². The van der Waals surface area contributed by atoms with Crippen molar-refractivity contribution in [3.63, 3.8) is 0 Å². The molecule has 0 saturated heterocycles. The number of aromatic nitrogens is 2.